The Morgan fingerprint density at radius 2 is 1.68 bits per heavy atom. The molecule has 0 aliphatic heterocycles. The Hall–Kier alpha value is -3.15. The molecule has 0 fully saturated rings. The molecule has 0 aliphatic rings. The number of anilines is 2. The van der Waals surface area contributed by atoms with Crippen molar-refractivity contribution in [1.29, 1.82) is 0 Å². The van der Waals surface area contributed by atoms with Crippen molar-refractivity contribution >= 4 is 23.2 Å². The molecule has 1 heterocycles. The van der Waals surface area contributed by atoms with Gasteiger partial charge in [0.05, 0.1) is 5.56 Å². The maximum absolute atomic E-state index is 13.7. The fourth-order valence-corrected chi connectivity index (χ4v) is 2.56. The Kier molecular flexibility index (Phi) is 6.20. The molecule has 0 spiro atoms. The van der Waals surface area contributed by atoms with E-state index in [9.17, 15) is 30.7 Å². The summed E-state index contributed by atoms with van der Waals surface area (Å²) in [6, 6.07) is 6.35. The van der Waals surface area contributed by atoms with E-state index < -0.39 is 42.3 Å². The van der Waals surface area contributed by atoms with Gasteiger partial charge in [-0.1, -0.05) is 17.7 Å². The van der Waals surface area contributed by atoms with Crippen molar-refractivity contribution in [2.45, 2.75) is 12.4 Å². The van der Waals surface area contributed by atoms with Crippen LogP contribution in [0.4, 0.5) is 42.4 Å². The van der Waals surface area contributed by atoms with Crippen LogP contribution in [0.5, 0.6) is 6.01 Å². The zero-order valence-electron chi connectivity index (χ0n) is 15.0. The van der Waals surface area contributed by atoms with E-state index in [0.717, 1.165) is 30.3 Å². The molecule has 0 saturated carbocycles. The molecule has 0 unspecified atom stereocenters. The molecule has 0 amide bonds. The molecule has 13 heteroatoms. The van der Waals surface area contributed by atoms with Gasteiger partial charge in [0.15, 0.2) is 12.4 Å². The van der Waals surface area contributed by atoms with Gasteiger partial charge in [-0.05, 0) is 36.4 Å². The van der Waals surface area contributed by atoms with Crippen molar-refractivity contribution in [2.24, 2.45) is 0 Å². The maximum Gasteiger partial charge on any atom is 0.422 e. The predicted molar refractivity (Wildman–Crippen MR) is 96.5 cm³/mol. The van der Waals surface area contributed by atoms with Crippen LogP contribution in [0.1, 0.15) is 5.56 Å². The first-order valence-corrected chi connectivity index (χ1v) is 8.63. The van der Waals surface area contributed by atoms with Gasteiger partial charge < -0.3 is 10.1 Å². The summed E-state index contributed by atoms with van der Waals surface area (Å²) in [4.78, 5) is 11.2. The van der Waals surface area contributed by atoms with Crippen LogP contribution in [0.25, 0.3) is 11.4 Å². The van der Waals surface area contributed by atoms with E-state index in [2.05, 4.69) is 25.0 Å². The molecule has 1 aromatic heterocycles. The number of alkyl halides is 6. The van der Waals surface area contributed by atoms with E-state index in [1.54, 1.807) is 0 Å². The quantitative estimate of drug-likeness (QED) is 0.465. The van der Waals surface area contributed by atoms with Crippen LogP contribution < -0.4 is 10.1 Å². The molecule has 3 rings (SSSR count). The maximum atomic E-state index is 13.7. The summed E-state index contributed by atoms with van der Waals surface area (Å²) >= 11 is 5.78. The van der Waals surface area contributed by atoms with Gasteiger partial charge in [-0.3, -0.25) is 0 Å². The number of hydrogen-bond acceptors (Lipinski definition) is 5. The van der Waals surface area contributed by atoms with Crippen LogP contribution in [0.3, 0.4) is 0 Å². The smallest absolute Gasteiger partial charge is 0.422 e. The molecular weight excluding hydrogens is 457 g/mol. The summed E-state index contributed by atoms with van der Waals surface area (Å²) in [6.45, 7) is -1.73. The van der Waals surface area contributed by atoms with Crippen LogP contribution in [-0.2, 0) is 6.18 Å². The second-order valence-corrected chi connectivity index (χ2v) is 6.47. The lowest BCUT2D eigenvalue weighted by atomic mass is 10.2. The second-order valence-electron chi connectivity index (χ2n) is 6.03. The van der Waals surface area contributed by atoms with Crippen molar-refractivity contribution in [2.75, 3.05) is 11.9 Å². The van der Waals surface area contributed by atoms with Gasteiger partial charge in [-0.2, -0.15) is 41.3 Å². The Morgan fingerprint density at radius 3 is 2.32 bits per heavy atom. The highest BCUT2D eigenvalue weighted by Gasteiger charge is 2.31. The summed E-state index contributed by atoms with van der Waals surface area (Å²) in [5.74, 6) is -1.52. The molecule has 5 nitrogen and oxygen atoms in total. The molecule has 0 bridgehead atoms. The average Bonchev–Trinajstić information content (AvgIpc) is 2.64. The third kappa shape index (κ3) is 6.41. The Labute approximate surface area is 174 Å². The lowest BCUT2D eigenvalue weighted by molar-refractivity contribution is -0.154. The Balaban J connectivity index is 2.00. The molecular formula is C18H10ClF7N4O. The monoisotopic (exact) mass is 466 g/mol. The average molecular weight is 467 g/mol. The molecule has 1 N–H and O–H groups in total. The Bertz CT molecular complexity index is 1070. The fraction of sp³-hybridized carbons (Fsp3) is 0.167. The number of ether oxygens (including phenoxy) is 1. The third-order valence-electron chi connectivity index (χ3n) is 3.55. The van der Waals surface area contributed by atoms with Crippen LogP contribution in [0, 0.1) is 5.82 Å². The molecule has 0 radical (unpaired) electrons. The van der Waals surface area contributed by atoms with Crippen molar-refractivity contribution in [1.82, 2.24) is 15.0 Å². The second kappa shape index (κ2) is 8.53. The first-order chi connectivity index (χ1) is 14.4. The largest absolute Gasteiger partial charge is 0.454 e. The normalized spacial score (nSPS) is 12.0. The first-order valence-electron chi connectivity index (χ1n) is 8.25. The third-order valence-corrected chi connectivity index (χ3v) is 3.76. The zero-order valence-corrected chi connectivity index (χ0v) is 15.8. The van der Waals surface area contributed by atoms with E-state index >= 15 is 0 Å². The Morgan fingerprint density at radius 1 is 0.935 bits per heavy atom. The van der Waals surface area contributed by atoms with E-state index in [1.165, 1.54) is 12.1 Å². The van der Waals surface area contributed by atoms with E-state index in [-0.39, 0.29) is 22.1 Å². The summed E-state index contributed by atoms with van der Waals surface area (Å²) in [5.41, 5.74) is -1.10. The minimum absolute atomic E-state index is 0.0173. The van der Waals surface area contributed by atoms with Crippen LogP contribution in [-0.4, -0.2) is 27.7 Å². The summed E-state index contributed by atoms with van der Waals surface area (Å²) in [6.07, 6.45) is -9.33. The predicted octanol–water partition coefficient (Wildman–Crippen LogP) is 6.03. The topological polar surface area (TPSA) is 59.9 Å². The zero-order chi connectivity index (χ0) is 22.8. The van der Waals surface area contributed by atoms with Gasteiger partial charge in [0.2, 0.25) is 5.95 Å². The van der Waals surface area contributed by atoms with E-state index in [4.69, 9.17) is 11.6 Å². The number of nitrogens with zero attached hydrogens (tertiary/aromatic N) is 3. The van der Waals surface area contributed by atoms with Crippen molar-refractivity contribution in [3.05, 3.63) is 58.9 Å². The number of benzene rings is 2. The van der Waals surface area contributed by atoms with Crippen molar-refractivity contribution in [3.63, 3.8) is 0 Å². The number of hydrogen-bond donors (Lipinski definition) is 1. The van der Waals surface area contributed by atoms with Gasteiger partial charge >= 0.3 is 18.4 Å². The number of halogens is 8. The molecule has 164 valence electrons. The number of rotatable bonds is 5. The van der Waals surface area contributed by atoms with E-state index in [0.29, 0.717) is 0 Å². The minimum atomic E-state index is -4.70. The highest BCUT2D eigenvalue weighted by Crippen LogP contribution is 2.31. The minimum Gasteiger partial charge on any atom is -0.454 e. The summed E-state index contributed by atoms with van der Waals surface area (Å²) < 4.78 is 94.3. The molecule has 2 aromatic carbocycles. The summed E-state index contributed by atoms with van der Waals surface area (Å²) in [7, 11) is 0. The van der Waals surface area contributed by atoms with Crippen molar-refractivity contribution < 1.29 is 35.5 Å². The summed E-state index contributed by atoms with van der Waals surface area (Å²) in [5, 5.41) is 2.40. The molecule has 0 atom stereocenters. The van der Waals surface area contributed by atoms with Crippen LogP contribution in [0.2, 0.25) is 5.02 Å². The van der Waals surface area contributed by atoms with Gasteiger partial charge in [0.1, 0.15) is 5.82 Å². The standard InChI is InChI=1S/C18H10ClF7N4O/c19-11-4-9(5-12(20)7-11)14-28-15(30-16(29-14)31-8-17(21,22)23)27-13-3-1-2-10(6-13)18(24,25)26/h1-7H,8H2,(H,27,28,29,30). The fourth-order valence-electron chi connectivity index (χ4n) is 2.34. The molecule has 31 heavy (non-hydrogen) atoms. The molecule has 3 aromatic rings. The van der Waals surface area contributed by atoms with E-state index in [1.807, 2.05) is 0 Å². The van der Waals surface area contributed by atoms with Crippen LogP contribution in [0.15, 0.2) is 42.5 Å². The molecule has 0 saturated heterocycles. The molecule has 0 aliphatic carbocycles. The highest BCUT2D eigenvalue weighted by atomic mass is 35.5. The lowest BCUT2D eigenvalue weighted by Gasteiger charge is -2.12. The van der Waals surface area contributed by atoms with Gasteiger partial charge in [0, 0.05) is 16.3 Å². The van der Waals surface area contributed by atoms with Crippen molar-refractivity contribution in [3.8, 4) is 17.4 Å². The van der Waals surface area contributed by atoms with Gasteiger partial charge in [0.25, 0.3) is 0 Å². The lowest BCUT2D eigenvalue weighted by Crippen LogP contribution is -2.20. The van der Waals surface area contributed by atoms with Crippen LogP contribution >= 0.6 is 11.6 Å². The SMILES string of the molecule is Fc1cc(Cl)cc(-c2nc(Nc3cccc(C(F)(F)F)c3)nc(OCC(F)(F)F)n2)c1. The highest BCUT2D eigenvalue weighted by molar-refractivity contribution is 6.30. The van der Waals surface area contributed by atoms with Gasteiger partial charge in [-0.15, -0.1) is 0 Å². The van der Waals surface area contributed by atoms with Gasteiger partial charge in [-0.25, -0.2) is 4.39 Å². The number of aromatic nitrogens is 3. The first kappa shape index (κ1) is 22.5. The number of nitrogens with one attached hydrogen (secondary N) is 1.